The zero-order chi connectivity index (χ0) is 24.1. The predicted molar refractivity (Wildman–Crippen MR) is 128 cm³/mol. The number of methoxy groups -OCH3 is 2. The van der Waals surface area contributed by atoms with Crippen molar-refractivity contribution in [3.63, 3.8) is 0 Å². The van der Waals surface area contributed by atoms with Crippen molar-refractivity contribution in [2.24, 2.45) is 17.8 Å². The monoisotopic (exact) mass is 458 g/mol. The normalized spacial score (nSPS) is 15.9. The van der Waals surface area contributed by atoms with E-state index in [1.807, 2.05) is 61.5 Å². The first kappa shape index (κ1) is 27.0. The topological polar surface area (TPSA) is 63.2 Å². The molecule has 6 nitrogen and oxygen atoms in total. The molecule has 182 valence electrons. The minimum atomic E-state index is -0.333. The van der Waals surface area contributed by atoms with Crippen LogP contribution in [0.15, 0.2) is 54.6 Å². The molecule has 5 atom stereocenters. The smallest absolute Gasteiger partial charge is 0.146 e. The maximum Gasteiger partial charge on any atom is 0.146 e. The lowest BCUT2D eigenvalue weighted by molar-refractivity contribution is -0.151. The summed E-state index contributed by atoms with van der Waals surface area (Å²) in [5, 5.41) is 0. The fourth-order valence-electron chi connectivity index (χ4n) is 3.97. The molecule has 0 heterocycles. The summed E-state index contributed by atoms with van der Waals surface area (Å²) in [5.41, 5.74) is 2.17. The van der Waals surface area contributed by atoms with Crippen LogP contribution in [0.5, 0.6) is 5.75 Å². The largest absolute Gasteiger partial charge is 0.497 e. The van der Waals surface area contributed by atoms with Crippen LogP contribution >= 0.6 is 0 Å². The molecule has 0 aliphatic rings. The number of aldehydes is 1. The summed E-state index contributed by atoms with van der Waals surface area (Å²) in [6.07, 6.45) is 0.403. The molecular formula is C27H38O6. The highest BCUT2D eigenvalue weighted by molar-refractivity contribution is 5.53. The van der Waals surface area contributed by atoms with E-state index in [2.05, 4.69) is 13.8 Å². The van der Waals surface area contributed by atoms with Crippen LogP contribution in [0, 0.1) is 17.8 Å². The fourth-order valence-corrected chi connectivity index (χ4v) is 3.97. The van der Waals surface area contributed by atoms with Crippen LogP contribution in [0.25, 0.3) is 0 Å². The van der Waals surface area contributed by atoms with Crippen molar-refractivity contribution >= 4 is 6.29 Å². The molecule has 2 rings (SSSR count). The summed E-state index contributed by atoms with van der Waals surface area (Å²) in [5.74, 6) is 0.530. The highest BCUT2D eigenvalue weighted by Gasteiger charge is 2.34. The van der Waals surface area contributed by atoms with Crippen molar-refractivity contribution in [1.82, 2.24) is 0 Å². The summed E-state index contributed by atoms with van der Waals surface area (Å²) in [6, 6.07) is 17.9. The van der Waals surface area contributed by atoms with E-state index >= 15 is 0 Å². The highest BCUT2D eigenvalue weighted by atomic mass is 16.7. The van der Waals surface area contributed by atoms with Gasteiger partial charge in [0.25, 0.3) is 0 Å². The summed E-state index contributed by atoms with van der Waals surface area (Å²) in [7, 11) is 3.22. The van der Waals surface area contributed by atoms with E-state index < -0.39 is 0 Å². The molecule has 0 radical (unpaired) electrons. The van der Waals surface area contributed by atoms with Crippen LogP contribution in [0.1, 0.15) is 31.9 Å². The maximum absolute atomic E-state index is 11.6. The van der Waals surface area contributed by atoms with Crippen molar-refractivity contribution in [2.75, 3.05) is 27.6 Å². The average molecular weight is 459 g/mol. The molecule has 0 aliphatic heterocycles. The van der Waals surface area contributed by atoms with Crippen molar-refractivity contribution in [3.8, 4) is 5.75 Å². The molecule has 2 aromatic carbocycles. The second kappa shape index (κ2) is 14.8. The van der Waals surface area contributed by atoms with E-state index in [9.17, 15) is 4.79 Å². The zero-order valence-electron chi connectivity index (χ0n) is 20.4. The van der Waals surface area contributed by atoms with Gasteiger partial charge in [0.1, 0.15) is 18.8 Å². The molecule has 0 N–H and O–H groups in total. The number of carbonyl (C=O) groups is 1. The van der Waals surface area contributed by atoms with E-state index in [1.54, 1.807) is 14.2 Å². The third-order valence-electron chi connectivity index (χ3n) is 5.80. The molecule has 6 heteroatoms. The molecule has 0 aromatic heterocycles. The van der Waals surface area contributed by atoms with Gasteiger partial charge in [0.15, 0.2) is 0 Å². The van der Waals surface area contributed by atoms with Gasteiger partial charge in [0.05, 0.1) is 39.1 Å². The van der Waals surface area contributed by atoms with Gasteiger partial charge in [-0.05, 0) is 23.3 Å². The van der Waals surface area contributed by atoms with Gasteiger partial charge >= 0.3 is 0 Å². The Kier molecular flexibility index (Phi) is 12.1. The van der Waals surface area contributed by atoms with Crippen molar-refractivity contribution in [1.29, 1.82) is 0 Å². The summed E-state index contributed by atoms with van der Waals surface area (Å²) < 4.78 is 28.7. The summed E-state index contributed by atoms with van der Waals surface area (Å²) in [4.78, 5) is 11.6. The Labute approximate surface area is 198 Å². The highest BCUT2D eigenvalue weighted by Crippen LogP contribution is 2.28. The predicted octanol–water partition coefficient (Wildman–Crippen LogP) is 4.89. The lowest BCUT2D eigenvalue weighted by atomic mass is 9.84. The van der Waals surface area contributed by atoms with Crippen molar-refractivity contribution in [3.05, 3.63) is 65.7 Å². The third kappa shape index (κ3) is 8.89. The summed E-state index contributed by atoms with van der Waals surface area (Å²) >= 11 is 0. The Morgan fingerprint density at radius 3 is 2.09 bits per heavy atom. The Hall–Kier alpha value is -2.25. The maximum atomic E-state index is 11.6. The molecule has 0 saturated carbocycles. The van der Waals surface area contributed by atoms with E-state index in [1.165, 1.54) is 0 Å². The minimum Gasteiger partial charge on any atom is -0.497 e. The third-order valence-corrected chi connectivity index (χ3v) is 5.80. The first-order valence-electron chi connectivity index (χ1n) is 11.4. The van der Waals surface area contributed by atoms with Gasteiger partial charge in [-0.3, -0.25) is 0 Å². The van der Waals surface area contributed by atoms with Crippen LogP contribution < -0.4 is 4.74 Å². The van der Waals surface area contributed by atoms with Crippen LogP contribution in [-0.2, 0) is 37.0 Å². The van der Waals surface area contributed by atoms with Gasteiger partial charge in [0.2, 0.25) is 0 Å². The number of ether oxygens (including phenoxy) is 5. The SMILES string of the molecule is COCO[C@@H]([C@H](C)[C@H](OCc1ccc(OC)cc1)[C@H](C)COCc1ccccc1)[C@H](C)C=O. The van der Waals surface area contributed by atoms with E-state index in [0.29, 0.717) is 19.8 Å². The van der Waals surface area contributed by atoms with Gasteiger partial charge in [-0.25, -0.2) is 0 Å². The molecule has 0 unspecified atom stereocenters. The van der Waals surface area contributed by atoms with Crippen molar-refractivity contribution in [2.45, 2.75) is 46.2 Å². The lowest BCUT2D eigenvalue weighted by Crippen LogP contribution is -2.42. The molecule has 0 aliphatic carbocycles. The number of hydrogen-bond acceptors (Lipinski definition) is 6. The Morgan fingerprint density at radius 2 is 1.48 bits per heavy atom. The molecule has 0 bridgehead atoms. The second-order valence-corrected chi connectivity index (χ2v) is 8.49. The first-order chi connectivity index (χ1) is 16.0. The first-order valence-corrected chi connectivity index (χ1v) is 11.4. The van der Waals surface area contributed by atoms with Crippen LogP contribution in [-0.4, -0.2) is 46.1 Å². The fraction of sp³-hybridized carbons (Fsp3) is 0.519. The number of carbonyl (C=O) groups excluding carboxylic acids is 1. The van der Waals surface area contributed by atoms with Gasteiger partial charge in [-0.15, -0.1) is 0 Å². The second-order valence-electron chi connectivity index (χ2n) is 8.49. The molecule has 0 spiro atoms. The Morgan fingerprint density at radius 1 is 0.818 bits per heavy atom. The number of hydrogen-bond donors (Lipinski definition) is 0. The average Bonchev–Trinajstić information content (AvgIpc) is 2.85. The molecular weight excluding hydrogens is 420 g/mol. The zero-order valence-corrected chi connectivity index (χ0v) is 20.4. The Bertz CT molecular complexity index is 779. The van der Waals surface area contributed by atoms with E-state index in [0.717, 1.165) is 23.2 Å². The van der Waals surface area contributed by atoms with Crippen LogP contribution in [0.3, 0.4) is 0 Å². The van der Waals surface area contributed by atoms with E-state index in [-0.39, 0.29) is 36.8 Å². The van der Waals surface area contributed by atoms with Gasteiger partial charge < -0.3 is 28.5 Å². The molecule has 0 saturated heterocycles. The standard InChI is InChI=1S/C27H38O6/c1-20(15-28)26(33-19-29-4)22(3)27(32-18-24-11-13-25(30-5)14-12-24)21(2)16-31-17-23-9-7-6-8-10-23/h6-15,20-22,26-27H,16-19H2,1-5H3/t20-,21-,22+,26-,27-/m1/s1. The van der Waals surface area contributed by atoms with Gasteiger partial charge in [0, 0.05) is 24.9 Å². The molecule has 33 heavy (non-hydrogen) atoms. The number of benzene rings is 2. The minimum absolute atomic E-state index is 0.0612. The van der Waals surface area contributed by atoms with Gasteiger partial charge in [-0.1, -0.05) is 63.2 Å². The number of rotatable bonds is 16. The van der Waals surface area contributed by atoms with E-state index in [4.69, 9.17) is 23.7 Å². The lowest BCUT2D eigenvalue weighted by Gasteiger charge is -2.36. The van der Waals surface area contributed by atoms with Crippen LogP contribution in [0.2, 0.25) is 0 Å². The Balaban J connectivity index is 2.10. The summed E-state index contributed by atoms with van der Waals surface area (Å²) in [6.45, 7) is 7.66. The quantitative estimate of drug-likeness (QED) is 0.264. The molecule has 0 fully saturated rings. The molecule has 0 amide bonds. The van der Waals surface area contributed by atoms with Crippen LogP contribution in [0.4, 0.5) is 0 Å². The van der Waals surface area contributed by atoms with Crippen molar-refractivity contribution < 1.29 is 28.5 Å². The van der Waals surface area contributed by atoms with Gasteiger partial charge in [-0.2, -0.15) is 0 Å². The molecule has 2 aromatic rings.